The first-order valence-electron chi connectivity index (χ1n) is 5.57. The summed E-state index contributed by atoms with van der Waals surface area (Å²) < 4.78 is 18.7. The smallest absolute Gasteiger partial charge is 0.146 e. The number of nitrogens with two attached hydrogens (primary N) is 1. The number of nitrogens with one attached hydrogen (secondary N) is 1. The molecule has 0 atom stereocenters. The van der Waals surface area contributed by atoms with Gasteiger partial charge in [-0.25, -0.2) is 4.39 Å². The first-order chi connectivity index (χ1) is 8.60. The third kappa shape index (κ3) is 2.53. The molecule has 0 heterocycles. The Bertz CT molecular complexity index is 570. The van der Waals surface area contributed by atoms with Crippen LogP contribution in [0.15, 0.2) is 36.4 Å². The molecule has 2 aromatic rings. The zero-order chi connectivity index (χ0) is 13.1. The van der Waals surface area contributed by atoms with Gasteiger partial charge < -0.3 is 15.8 Å². The fourth-order valence-electron chi connectivity index (χ4n) is 1.65. The molecular weight excluding hydrogens is 231 g/mol. The predicted molar refractivity (Wildman–Crippen MR) is 71.8 cm³/mol. The summed E-state index contributed by atoms with van der Waals surface area (Å²) in [6.07, 6.45) is 0. The molecule has 2 rings (SSSR count). The molecule has 0 aliphatic carbocycles. The van der Waals surface area contributed by atoms with Crippen LogP contribution < -0.4 is 15.8 Å². The molecule has 3 nitrogen and oxygen atoms in total. The topological polar surface area (TPSA) is 47.3 Å². The lowest BCUT2D eigenvalue weighted by Crippen LogP contribution is -1.99. The van der Waals surface area contributed by atoms with Gasteiger partial charge >= 0.3 is 0 Å². The highest BCUT2D eigenvalue weighted by Gasteiger charge is 2.06. The summed E-state index contributed by atoms with van der Waals surface area (Å²) in [5.74, 6) is 0.238. The molecule has 2 aromatic carbocycles. The second-order valence-electron chi connectivity index (χ2n) is 4.06. The highest BCUT2D eigenvalue weighted by Crippen LogP contribution is 2.28. The van der Waals surface area contributed by atoms with E-state index in [-0.39, 0.29) is 5.82 Å². The van der Waals surface area contributed by atoms with Crippen LogP contribution >= 0.6 is 0 Å². The third-order valence-corrected chi connectivity index (χ3v) is 2.65. The van der Waals surface area contributed by atoms with Crippen LogP contribution in [0.1, 0.15) is 5.56 Å². The molecule has 0 saturated heterocycles. The third-order valence-electron chi connectivity index (χ3n) is 2.65. The minimum atomic E-state index is -0.350. The van der Waals surface area contributed by atoms with Crippen LogP contribution in [-0.4, -0.2) is 7.11 Å². The molecule has 0 spiro atoms. The number of ether oxygens (including phenoxy) is 1. The molecule has 3 N–H and O–H groups in total. The van der Waals surface area contributed by atoms with Crippen molar-refractivity contribution in [2.24, 2.45) is 0 Å². The van der Waals surface area contributed by atoms with Crippen LogP contribution in [0.2, 0.25) is 0 Å². The molecule has 0 aliphatic rings. The standard InChI is InChI=1S/C14H15FN2O/c1-9-3-6-12(16)14(7-9)17-13-8-10(18-2)4-5-11(13)15/h3-8,17H,16H2,1-2H3. The Morgan fingerprint density at radius 2 is 1.89 bits per heavy atom. The van der Waals surface area contributed by atoms with Gasteiger partial charge in [0.2, 0.25) is 0 Å². The van der Waals surface area contributed by atoms with E-state index in [1.807, 2.05) is 19.1 Å². The van der Waals surface area contributed by atoms with Gasteiger partial charge in [-0.1, -0.05) is 6.07 Å². The zero-order valence-electron chi connectivity index (χ0n) is 10.3. The van der Waals surface area contributed by atoms with Crippen molar-refractivity contribution in [1.29, 1.82) is 0 Å². The number of halogens is 1. The number of methoxy groups -OCH3 is 1. The predicted octanol–water partition coefficient (Wildman–Crippen LogP) is 3.47. The Balaban J connectivity index is 2.36. The van der Waals surface area contributed by atoms with Gasteiger partial charge in [-0.05, 0) is 36.8 Å². The van der Waals surface area contributed by atoms with Gasteiger partial charge in [-0.2, -0.15) is 0 Å². The SMILES string of the molecule is COc1ccc(F)c(Nc2cc(C)ccc2N)c1. The van der Waals surface area contributed by atoms with Gasteiger partial charge in [0.15, 0.2) is 0 Å². The van der Waals surface area contributed by atoms with Crippen molar-refractivity contribution in [3.8, 4) is 5.75 Å². The normalized spacial score (nSPS) is 10.2. The molecule has 0 unspecified atom stereocenters. The minimum Gasteiger partial charge on any atom is -0.497 e. The molecule has 0 aliphatic heterocycles. The lowest BCUT2D eigenvalue weighted by molar-refractivity contribution is 0.414. The Morgan fingerprint density at radius 3 is 2.61 bits per heavy atom. The highest BCUT2D eigenvalue weighted by atomic mass is 19.1. The van der Waals surface area contributed by atoms with E-state index in [1.54, 1.807) is 18.2 Å². The van der Waals surface area contributed by atoms with E-state index in [4.69, 9.17) is 10.5 Å². The average Bonchev–Trinajstić information content (AvgIpc) is 2.36. The molecule has 4 heteroatoms. The van der Waals surface area contributed by atoms with Crippen molar-refractivity contribution >= 4 is 17.1 Å². The van der Waals surface area contributed by atoms with Gasteiger partial charge in [0.1, 0.15) is 11.6 Å². The van der Waals surface area contributed by atoms with E-state index in [9.17, 15) is 4.39 Å². The molecule has 0 fully saturated rings. The Kier molecular flexibility index (Phi) is 3.37. The van der Waals surface area contributed by atoms with Crippen molar-refractivity contribution in [1.82, 2.24) is 0 Å². The van der Waals surface area contributed by atoms with Gasteiger partial charge in [0.25, 0.3) is 0 Å². The van der Waals surface area contributed by atoms with Crippen LogP contribution in [0.3, 0.4) is 0 Å². The number of hydrogen-bond acceptors (Lipinski definition) is 3. The van der Waals surface area contributed by atoms with E-state index >= 15 is 0 Å². The Hall–Kier alpha value is -2.23. The van der Waals surface area contributed by atoms with Crippen molar-refractivity contribution in [3.63, 3.8) is 0 Å². The average molecular weight is 246 g/mol. The lowest BCUT2D eigenvalue weighted by Gasteiger charge is -2.12. The van der Waals surface area contributed by atoms with E-state index < -0.39 is 0 Å². The van der Waals surface area contributed by atoms with Crippen LogP contribution in [-0.2, 0) is 0 Å². The van der Waals surface area contributed by atoms with Crippen LogP contribution in [0, 0.1) is 12.7 Å². The van der Waals surface area contributed by atoms with Gasteiger partial charge in [-0.15, -0.1) is 0 Å². The summed E-state index contributed by atoms with van der Waals surface area (Å²) in [6, 6.07) is 10.1. The number of nitrogen functional groups attached to an aromatic ring is 1. The second-order valence-corrected chi connectivity index (χ2v) is 4.06. The van der Waals surface area contributed by atoms with Crippen LogP contribution in [0.4, 0.5) is 21.5 Å². The fraction of sp³-hybridized carbons (Fsp3) is 0.143. The molecule has 0 amide bonds. The first-order valence-corrected chi connectivity index (χ1v) is 5.57. The quantitative estimate of drug-likeness (QED) is 0.815. The highest BCUT2D eigenvalue weighted by molar-refractivity contribution is 5.73. The summed E-state index contributed by atoms with van der Waals surface area (Å²) in [5, 5.41) is 2.98. The number of rotatable bonds is 3. The minimum absolute atomic E-state index is 0.339. The van der Waals surface area contributed by atoms with Crippen molar-refractivity contribution in [3.05, 3.63) is 47.8 Å². The summed E-state index contributed by atoms with van der Waals surface area (Å²) in [5.41, 5.74) is 8.49. The van der Waals surface area contributed by atoms with Crippen molar-refractivity contribution in [2.75, 3.05) is 18.2 Å². The summed E-state index contributed by atoms with van der Waals surface area (Å²) in [4.78, 5) is 0. The monoisotopic (exact) mass is 246 g/mol. The summed E-state index contributed by atoms with van der Waals surface area (Å²) >= 11 is 0. The maximum absolute atomic E-state index is 13.7. The second kappa shape index (κ2) is 4.96. The Morgan fingerprint density at radius 1 is 1.11 bits per heavy atom. The van der Waals surface area contributed by atoms with Crippen LogP contribution in [0.25, 0.3) is 0 Å². The van der Waals surface area contributed by atoms with E-state index in [2.05, 4.69) is 5.32 Å². The molecule has 0 aromatic heterocycles. The zero-order valence-corrected chi connectivity index (χ0v) is 10.3. The number of aryl methyl sites for hydroxylation is 1. The maximum atomic E-state index is 13.7. The molecule has 18 heavy (non-hydrogen) atoms. The van der Waals surface area contributed by atoms with E-state index in [0.29, 0.717) is 22.8 Å². The molecular formula is C14H15FN2O. The van der Waals surface area contributed by atoms with E-state index in [1.165, 1.54) is 13.2 Å². The van der Waals surface area contributed by atoms with Gasteiger partial charge in [0, 0.05) is 6.07 Å². The molecule has 94 valence electrons. The number of benzene rings is 2. The maximum Gasteiger partial charge on any atom is 0.146 e. The van der Waals surface area contributed by atoms with Crippen molar-refractivity contribution in [2.45, 2.75) is 6.92 Å². The summed E-state index contributed by atoms with van der Waals surface area (Å²) in [6.45, 7) is 1.95. The molecule has 0 radical (unpaired) electrons. The van der Waals surface area contributed by atoms with Gasteiger partial charge in [-0.3, -0.25) is 0 Å². The van der Waals surface area contributed by atoms with Gasteiger partial charge in [0.05, 0.1) is 24.2 Å². The number of anilines is 3. The van der Waals surface area contributed by atoms with Crippen molar-refractivity contribution < 1.29 is 9.13 Å². The molecule has 0 saturated carbocycles. The fourth-order valence-corrected chi connectivity index (χ4v) is 1.65. The van der Waals surface area contributed by atoms with Crippen LogP contribution in [0.5, 0.6) is 5.75 Å². The lowest BCUT2D eigenvalue weighted by atomic mass is 10.2. The molecule has 0 bridgehead atoms. The first kappa shape index (κ1) is 12.2. The van der Waals surface area contributed by atoms with E-state index in [0.717, 1.165) is 5.56 Å². The number of hydrogen-bond donors (Lipinski definition) is 2. The summed E-state index contributed by atoms with van der Waals surface area (Å²) in [7, 11) is 1.54. The Labute approximate surface area is 105 Å². The largest absolute Gasteiger partial charge is 0.497 e.